The first-order valence-electron chi connectivity index (χ1n) is 15.0. The summed E-state index contributed by atoms with van der Waals surface area (Å²) in [5.41, 5.74) is 9.38. The van der Waals surface area contributed by atoms with Gasteiger partial charge in [-0.3, -0.25) is 9.97 Å². The SMILES string of the molecule is N#Cc1cncc(-c2cccc(-c3ccc4c5ccccc5c5ccc(-c6cccc(-c7cncc(C#N)c7)c6)cc5c4c3)c2)c1. The van der Waals surface area contributed by atoms with E-state index in [0.29, 0.717) is 11.1 Å². The minimum absolute atomic E-state index is 0.542. The molecule has 2 aromatic heterocycles. The number of hydrogen-bond donors (Lipinski definition) is 0. The molecule has 6 aromatic carbocycles. The maximum Gasteiger partial charge on any atom is 0.101 e. The van der Waals surface area contributed by atoms with Crippen LogP contribution in [0.4, 0.5) is 0 Å². The van der Waals surface area contributed by atoms with Crippen LogP contribution in [0.1, 0.15) is 11.1 Å². The quantitative estimate of drug-likeness (QED) is 0.193. The van der Waals surface area contributed by atoms with Crippen molar-refractivity contribution in [1.29, 1.82) is 10.5 Å². The van der Waals surface area contributed by atoms with Crippen LogP contribution in [-0.4, -0.2) is 9.97 Å². The van der Waals surface area contributed by atoms with Gasteiger partial charge in [-0.1, -0.05) is 84.9 Å². The molecule has 0 radical (unpaired) electrons. The summed E-state index contributed by atoms with van der Waals surface area (Å²) in [6.45, 7) is 0. The molecule has 0 fully saturated rings. The second-order valence-electron chi connectivity index (χ2n) is 11.4. The molecule has 8 aromatic rings. The van der Waals surface area contributed by atoms with Crippen molar-refractivity contribution in [1.82, 2.24) is 9.97 Å². The Morgan fingerprint density at radius 3 is 1.15 bits per heavy atom. The summed E-state index contributed by atoms with van der Waals surface area (Å²) in [5.74, 6) is 0. The summed E-state index contributed by atoms with van der Waals surface area (Å²) in [7, 11) is 0. The predicted molar refractivity (Wildman–Crippen MR) is 186 cm³/mol. The highest BCUT2D eigenvalue weighted by atomic mass is 14.6. The van der Waals surface area contributed by atoms with Crippen LogP contribution >= 0.6 is 0 Å². The standard InChI is InChI=1S/C42H24N4/c43-21-27-15-35(25-45-23-27)31-7-3-5-29(17-31)33-11-13-39-37-9-1-2-10-38(37)40-14-12-34(20-42(40)41(39)19-33)30-6-4-8-32(18-30)36-16-28(22-44)24-46-26-36/h1-20,23-26H. The number of hydrogen-bond acceptors (Lipinski definition) is 4. The van der Waals surface area contributed by atoms with Gasteiger partial charge in [0.15, 0.2) is 0 Å². The lowest BCUT2D eigenvalue weighted by Crippen LogP contribution is -1.88. The van der Waals surface area contributed by atoms with Gasteiger partial charge in [-0.15, -0.1) is 0 Å². The maximum atomic E-state index is 9.38. The minimum atomic E-state index is 0.542. The number of nitriles is 2. The van der Waals surface area contributed by atoms with E-state index in [2.05, 4.69) is 131 Å². The van der Waals surface area contributed by atoms with E-state index in [4.69, 9.17) is 0 Å². The Balaban J connectivity index is 1.30. The lowest BCUT2D eigenvalue weighted by Gasteiger charge is -2.14. The van der Waals surface area contributed by atoms with Crippen molar-refractivity contribution in [3.8, 4) is 56.6 Å². The van der Waals surface area contributed by atoms with E-state index < -0.39 is 0 Å². The van der Waals surface area contributed by atoms with Gasteiger partial charge in [-0.2, -0.15) is 10.5 Å². The first-order chi connectivity index (χ1) is 22.7. The van der Waals surface area contributed by atoms with E-state index in [9.17, 15) is 10.5 Å². The lowest BCUT2D eigenvalue weighted by atomic mass is 9.89. The van der Waals surface area contributed by atoms with Crippen molar-refractivity contribution < 1.29 is 0 Å². The summed E-state index contributed by atoms with van der Waals surface area (Å²) in [6, 6.07) is 47.0. The first kappa shape index (κ1) is 27.0. The number of fused-ring (bicyclic) bond motifs is 6. The summed E-state index contributed by atoms with van der Waals surface area (Å²) in [4.78, 5) is 8.53. The van der Waals surface area contributed by atoms with Crippen molar-refractivity contribution >= 4 is 32.3 Å². The molecule has 0 spiro atoms. The molecule has 0 atom stereocenters. The lowest BCUT2D eigenvalue weighted by molar-refractivity contribution is 1.30. The van der Waals surface area contributed by atoms with Crippen molar-refractivity contribution in [3.05, 3.63) is 157 Å². The van der Waals surface area contributed by atoms with Crippen LogP contribution in [0.3, 0.4) is 0 Å². The van der Waals surface area contributed by atoms with E-state index in [1.54, 1.807) is 24.8 Å². The van der Waals surface area contributed by atoms with Gasteiger partial charge in [0.25, 0.3) is 0 Å². The van der Waals surface area contributed by atoms with Crippen LogP contribution in [0, 0.1) is 22.7 Å². The Labute approximate surface area is 266 Å². The highest BCUT2D eigenvalue weighted by Gasteiger charge is 2.13. The molecule has 0 unspecified atom stereocenters. The van der Waals surface area contributed by atoms with Crippen LogP contribution in [0.25, 0.3) is 76.8 Å². The third-order valence-corrected chi connectivity index (χ3v) is 8.63. The van der Waals surface area contributed by atoms with Gasteiger partial charge >= 0.3 is 0 Å². The number of aromatic nitrogens is 2. The van der Waals surface area contributed by atoms with Crippen LogP contribution in [0.15, 0.2) is 146 Å². The van der Waals surface area contributed by atoms with Crippen LogP contribution in [-0.2, 0) is 0 Å². The molecule has 4 heteroatoms. The van der Waals surface area contributed by atoms with E-state index >= 15 is 0 Å². The zero-order valence-electron chi connectivity index (χ0n) is 24.6. The molecule has 0 aliphatic carbocycles. The van der Waals surface area contributed by atoms with E-state index in [-0.39, 0.29) is 0 Å². The Hall–Kier alpha value is -6.62. The van der Waals surface area contributed by atoms with Crippen molar-refractivity contribution in [2.45, 2.75) is 0 Å². The largest absolute Gasteiger partial charge is 0.263 e. The summed E-state index contributed by atoms with van der Waals surface area (Å²) >= 11 is 0. The van der Waals surface area contributed by atoms with Crippen LogP contribution in [0.2, 0.25) is 0 Å². The minimum Gasteiger partial charge on any atom is -0.263 e. The number of benzene rings is 6. The number of pyridine rings is 2. The van der Waals surface area contributed by atoms with Gasteiger partial charge in [0.05, 0.1) is 11.1 Å². The van der Waals surface area contributed by atoms with E-state index in [1.165, 1.54) is 32.3 Å². The summed E-state index contributed by atoms with van der Waals surface area (Å²) in [5, 5.41) is 26.0. The van der Waals surface area contributed by atoms with Crippen molar-refractivity contribution in [3.63, 3.8) is 0 Å². The second-order valence-corrected chi connectivity index (χ2v) is 11.4. The molecule has 0 bridgehead atoms. The fraction of sp³-hybridized carbons (Fsp3) is 0. The zero-order chi connectivity index (χ0) is 31.0. The van der Waals surface area contributed by atoms with E-state index in [1.807, 2.05) is 12.1 Å². The molecular formula is C42H24N4. The topological polar surface area (TPSA) is 73.4 Å². The molecule has 0 saturated carbocycles. The first-order valence-corrected chi connectivity index (χ1v) is 15.0. The molecule has 0 amide bonds. The Morgan fingerprint density at radius 1 is 0.326 bits per heavy atom. The Kier molecular flexibility index (Phi) is 6.53. The smallest absolute Gasteiger partial charge is 0.101 e. The van der Waals surface area contributed by atoms with Gasteiger partial charge in [-0.05, 0) is 102 Å². The third kappa shape index (κ3) is 4.72. The molecule has 212 valence electrons. The van der Waals surface area contributed by atoms with Crippen LogP contribution in [0.5, 0.6) is 0 Å². The van der Waals surface area contributed by atoms with Gasteiger partial charge in [0.2, 0.25) is 0 Å². The van der Waals surface area contributed by atoms with Gasteiger partial charge in [-0.25, -0.2) is 0 Å². The van der Waals surface area contributed by atoms with E-state index in [0.717, 1.165) is 44.5 Å². The molecule has 8 rings (SSSR count). The zero-order valence-corrected chi connectivity index (χ0v) is 24.6. The second kappa shape index (κ2) is 11.1. The average molecular weight is 585 g/mol. The Bertz CT molecular complexity index is 2390. The monoisotopic (exact) mass is 584 g/mol. The van der Waals surface area contributed by atoms with Gasteiger partial charge < -0.3 is 0 Å². The number of rotatable bonds is 4. The molecule has 0 N–H and O–H groups in total. The fourth-order valence-electron chi connectivity index (χ4n) is 6.39. The molecule has 0 aliphatic rings. The molecule has 2 heterocycles. The van der Waals surface area contributed by atoms with Gasteiger partial charge in [0, 0.05) is 35.9 Å². The molecule has 4 nitrogen and oxygen atoms in total. The highest BCUT2D eigenvalue weighted by Crippen LogP contribution is 2.39. The molecular weight excluding hydrogens is 560 g/mol. The molecule has 0 saturated heterocycles. The van der Waals surface area contributed by atoms with Crippen molar-refractivity contribution in [2.75, 3.05) is 0 Å². The third-order valence-electron chi connectivity index (χ3n) is 8.63. The summed E-state index contributed by atoms with van der Waals surface area (Å²) in [6.07, 6.45) is 6.76. The predicted octanol–water partition coefficient (Wildman–Crippen LogP) is 10.3. The average Bonchev–Trinajstić information content (AvgIpc) is 3.14. The maximum absolute atomic E-state index is 9.38. The van der Waals surface area contributed by atoms with Gasteiger partial charge in [0.1, 0.15) is 12.1 Å². The normalized spacial score (nSPS) is 11.0. The fourth-order valence-corrected chi connectivity index (χ4v) is 6.39. The van der Waals surface area contributed by atoms with Crippen LogP contribution < -0.4 is 0 Å². The Morgan fingerprint density at radius 2 is 0.717 bits per heavy atom. The highest BCUT2D eigenvalue weighted by molar-refractivity contribution is 6.26. The molecule has 0 aliphatic heterocycles. The van der Waals surface area contributed by atoms with Crippen molar-refractivity contribution in [2.24, 2.45) is 0 Å². The molecule has 46 heavy (non-hydrogen) atoms. The summed E-state index contributed by atoms with van der Waals surface area (Å²) < 4.78 is 0. The number of nitrogens with zero attached hydrogens (tertiary/aromatic N) is 4.